The summed E-state index contributed by atoms with van der Waals surface area (Å²) in [6, 6.07) is 16.1. The van der Waals surface area contributed by atoms with Gasteiger partial charge in [-0.25, -0.2) is 9.18 Å². The van der Waals surface area contributed by atoms with E-state index in [4.69, 9.17) is 5.11 Å². The number of alkyl halides is 2. The molecular formula is C30H33F3N2O4. The lowest BCUT2D eigenvalue weighted by molar-refractivity contribution is -0.161. The number of aliphatic carboxylic acids is 1. The van der Waals surface area contributed by atoms with E-state index >= 15 is 0 Å². The molecule has 2 aliphatic rings. The van der Waals surface area contributed by atoms with Gasteiger partial charge in [-0.2, -0.15) is 8.78 Å². The maximum absolute atomic E-state index is 13.4. The van der Waals surface area contributed by atoms with Crippen LogP contribution in [-0.4, -0.2) is 59.8 Å². The van der Waals surface area contributed by atoms with Gasteiger partial charge in [0.2, 0.25) is 11.7 Å². The molecule has 2 aromatic carbocycles. The Hall–Kier alpha value is -3.64. The first-order chi connectivity index (χ1) is 18.4. The lowest BCUT2D eigenvalue weighted by Crippen LogP contribution is -2.47. The SMILES string of the molecule is CC(F)(F)C(=O)O.C[C@H](CC(=O)C#Cc1ccccc1)CN1CCC2(CC1)C(=O)NCC2c1ccc(F)cc1. The first-order valence-electron chi connectivity index (χ1n) is 12.9. The maximum atomic E-state index is 13.4. The fourth-order valence-corrected chi connectivity index (χ4v) is 5.10. The third-order valence-corrected chi connectivity index (χ3v) is 7.21. The third-order valence-electron chi connectivity index (χ3n) is 7.21. The molecule has 1 amide bonds. The molecule has 6 nitrogen and oxygen atoms in total. The smallest absolute Gasteiger partial charge is 0.374 e. The number of carboxylic acid groups (broad SMARTS) is 1. The van der Waals surface area contributed by atoms with E-state index in [1.165, 1.54) is 12.1 Å². The van der Waals surface area contributed by atoms with Gasteiger partial charge in [-0.05, 0) is 67.6 Å². The van der Waals surface area contributed by atoms with Crippen LogP contribution in [0.1, 0.15) is 50.2 Å². The minimum absolute atomic E-state index is 0.0404. The van der Waals surface area contributed by atoms with E-state index in [9.17, 15) is 27.6 Å². The predicted octanol–water partition coefficient (Wildman–Crippen LogP) is 4.49. The molecular weight excluding hydrogens is 509 g/mol. The monoisotopic (exact) mass is 542 g/mol. The number of piperidine rings is 1. The van der Waals surface area contributed by atoms with Crippen LogP contribution in [0.5, 0.6) is 0 Å². The van der Waals surface area contributed by atoms with Crippen molar-refractivity contribution in [1.82, 2.24) is 10.2 Å². The van der Waals surface area contributed by atoms with Gasteiger partial charge in [0.25, 0.3) is 0 Å². The predicted molar refractivity (Wildman–Crippen MR) is 141 cm³/mol. The van der Waals surface area contributed by atoms with Crippen LogP contribution in [0.4, 0.5) is 13.2 Å². The van der Waals surface area contributed by atoms with Crippen molar-refractivity contribution < 1.29 is 32.7 Å². The molecule has 2 atom stereocenters. The molecule has 9 heteroatoms. The summed E-state index contributed by atoms with van der Waals surface area (Å²) in [6.45, 7) is 5.47. The summed E-state index contributed by atoms with van der Waals surface area (Å²) in [5.41, 5.74) is 1.45. The number of likely N-dealkylation sites (tertiary alicyclic amines) is 1. The molecule has 0 radical (unpaired) electrons. The van der Waals surface area contributed by atoms with Gasteiger partial charge in [0.05, 0.1) is 5.41 Å². The Bertz CT molecular complexity index is 1210. The van der Waals surface area contributed by atoms with Gasteiger partial charge in [-0.1, -0.05) is 43.2 Å². The number of rotatable bonds is 6. The van der Waals surface area contributed by atoms with E-state index in [0.717, 1.165) is 43.6 Å². The van der Waals surface area contributed by atoms with E-state index in [2.05, 4.69) is 29.0 Å². The fraction of sp³-hybridized carbons (Fsp3) is 0.433. The number of hydrogen-bond acceptors (Lipinski definition) is 4. The summed E-state index contributed by atoms with van der Waals surface area (Å²) in [6.07, 6.45) is 1.98. The second-order valence-corrected chi connectivity index (χ2v) is 10.3. The molecule has 0 aliphatic carbocycles. The lowest BCUT2D eigenvalue weighted by atomic mass is 9.68. The van der Waals surface area contributed by atoms with Crippen molar-refractivity contribution in [1.29, 1.82) is 0 Å². The summed E-state index contributed by atoms with van der Waals surface area (Å²) in [7, 11) is 0. The summed E-state index contributed by atoms with van der Waals surface area (Å²) < 4.78 is 35.9. The van der Waals surface area contributed by atoms with Crippen molar-refractivity contribution in [3.8, 4) is 11.8 Å². The highest BCUT2D eigenvalue weighted by Gasteiger charge is 2.51. The second kappa shape index (κ2) is 12.9. The largest absolute Gasteiger partial charge is 0.477 e. The topological polar surface area (TPSA) is 86.7 Å². The standard InChI is InChI=1S/C27H29FN2O2.C3H4F2O2/c1-20(17-24(31)12-7-21-5-3-2-4-6-21)19-30-15-13-27(14-16-30)25(18-29-26(27)32)22-8-10-23(28)11-9-22;1-3(4,5)2(6)7/h2-6,8-11,20,25H,13-19H2,1H3,(H,29,32);1H3,(H,6,7)/t20-,25?;/m1./s1. The molecule has 208 valence electrons. The number of nitrogens with one attached hydrogen (secondary N) is 1. The zero-order chi connectivity index (χ0) is 28.6. The molecule has 2 heterocycles. The molecule has 0 bridgehead atoms. The minimum atomic E-state index is -3.58. The Morgan fingerprint density at radius 3 is 2.28 bits per heavy atom. The summed E-state index contributed by atoms with van der Waals surface area (Å²) in [4.78, 5) is 36.7. The fourth-order valence-electron chi connectivity index (χ4n) is 5.10. The first kappa shape index (κ1) is 29.9. The molecule has 0 aromatic heterocycles. The summed E-state index contributed by atoms with van der Waals surface area (Å²) in [5, 5.41) is 10.5. The highest BCUT2D eigenvalue weighted by molar-refractivity contribution is 5.96. The normalized spacial score (nSPS) is 19.2. The maximum Gasteiger partial charge on any atom is 0.374 e. The van der Waals surface area contributed by atoms with E-state index in [-0.39, 0.29) is 29.3 Å². The van der Waals surface area contributed by atoms with Crippen molar-refractivity contribution in [2.45, 2.75) is 45.0 Å². The summed E-state index contributed by atoms with van der Waals surface area (Å²) in [5.74, 6) is 0.107. The Morgan fingerprint density at radius 1 is 1.13 bits per heavy atom. The number of benzene rings is 2. The number of amides is 1. The Kier molecular flexibility index (Phi) is 9.92. The number of hydrogen-bond donors (Lipinski definition) is 2. The number of halogens is 3. The van der Waals surface area contributed by atoms with Crippen LogP contribution in [0.2, 0.25) is 0 Å². The van der Waals surface area contributed by atoms with Gasteiger partial charge in [-0.3, -0.25) is 9.59 Å². The van der Waals surface area contributed by atoms with Gasteiger partial charge in [0.1, 0.15) is 5.82 Å². The number of Topliss-reactive ketones (excluding diaryl/α,β-unsaturated/α-hetero) is 1. The molecule has 1 unspecified atom stereocenters. The molecule has 1 spiro atoms. The van der Waals surface area contributed by atoms with Crippen LogP contribution >= 0.6 is 0 Å². The zero-order valence-corrected chi connectivity index (χ0v) is 22.1. The van der Waals surface area contributed by atoms with Crippen LogP contribution in [-0.2, 0) is 14.4 Å². The molecule has 2 fully saturated rings. The van der Waals surface area contributed by atoms with Crippen LogP contribution in [0.25, 0.3) is 0 Å². The molecule has 2 saturated heterocycles. The zero-order valence-electron chi connectivity index (χ0n) is 22.1. The molecule has 2 aromatic rings. The van der Waals surface area contributed by atoms with Crippen molar-refractivity contribution in [3.05, 3.63) is 71.5 Å². The summed E-state index contributed by atoms with van der Waals surface area (Å²) >= 11 is 0. The van der Waals surface area contributed by atoms with Gasteiger partial charge in [0, 0.05) is 37.9 Å². The number of ketones is 1. The van der Waals surface area contributed by atoms with Crippen LogP contribution in [0.15, 0.2) is 54.6 Å². The lowest BCUT2D eigenvalue weighted by Gasteiger charge is -2.41. The number of carbonyl (C=O) groups excluding carboxylic acids is 2. The molecule has 2 N–H and O–H groups in total. The van der Waals surface area contributed by atoms with Crippen molar-refractivity contribution in [2.24, 2.45) is 11.3 Å². The van der Waals surface area contributed by atoms with E-state index in [0.29, 0.717) is 19.9 Å². The Balaban J connectivity index is 0.000000532. The highest BCUT2D eigenvalue weighted by atomic mass is 19.3. The average Bonchev–Trinajstić information content (AvgIpc) is 3.20. The van der Waals surface area contributed by atoms with Gasteiger partial charge in [-0.15, -0.1) is 0 Å². The van der Waals surface area contributed by atoms with Crippen LogP contribution in [0.3, 0.4) is 0 Å². The van der Waals surface area contributed by atoms with Crippen LogP contribution in [0, 0.1) is 29.0 Å². The molecule has 39 heavy (non-hydrogen) atoms. The molecule has 2 aliphatic heterocycles. The van der Waals surface area contributed by atoms with Crippen molar-refractivity contribution in [3.63, 3.8) is 0 Å². The molecule has 4 rings (SSSR count). The second-order valence-electron chi connectivity index (χ2n) is 10.3. The van der Waals surface area contributed by atoms with Gasteiger partial charge < -0.3 is 15.3 Å². The van der Waals surface area contributed by atoms with Crippen LogP contribution < -0.4 is 5.32 Å². The first-order valence-corrected chi connectivity index (χ1v) is 12.9. The molecule has 0 saturated carbocycles. The number of carboxylic acids is 1. The quantitative estimate of drug-likeness (QED) is 0.526. The van der Waals surface area contributed by atoms with Gasteiger partial charge >= 0.3 is 11.9 Å². The van der Waals surface area contributed by atoms with E-state index in [1.54, 1.807) is 12.1 Å². The van der Waals surface area contributed by atoms with Crippen molar-refractivity contribution >= 4 is 17.7 Å². The number of carbonyl (C=O) groups is 3. The minimum Gasteiger partial charge on any atom is -0.477 e. The van der Waals surface area contributed by atoms with E-state index < -0.39 is 17.3 Å². The highest BCUT2D eigenvalue weighted by Crippen LogP contribution is 2.47. The average molecular weight is 543 g/mol. The van der Waals surface area contributed by atoms with E-state index in [1.807, 2.05) is 30.3 Å². The Morgan fingerprint density at radius 2 is 1.72 bits per heavy atom. The number of nitrogens with zero attached hydrogens (tertiary/aromatic N) is 1. The van der Waals surface area contributed by atoms with Gasteiger partial charge in [0.15, 0.2) is 0 Å². The third kappa shape index (κ3) is 8.17. The van der Waals surface area contributed by atoms with Crippen molar-refractivity contribution in [2.75, 3.05) is 26.2 Å². The Labute approximate surface area is 226 Å².